The van der Waals surface area contributed by atoms with Crippen LogP contribution in [0.1, 0.15) is 38.8 Å². The van der Waals surface area contributed by atoms with E-state index in [1.54, 1.807) is 38.1 Å². The Morgan fingerprint density at radius 2 is 1.06 bits per heavy atom. The Morgan fingerprint density at radius 3 is 1.31 bits per heavy atom. The number of carbonyl (C=O) groups is 4. The molecule has 0 heterocycles. The highest BCUT2D eigenvalue weighted by molar-refractivity contribution is 6.04. The first-order valence-electron chi connectivity index (χ1n) is 11.3. The average molecular weight is 477 g/mol. The summed E-state index contributed by atoms with van der Waals surface area (Å²) in [6.45, 7) is 14.4. The number of Topliss-reactive ketones (excluding diaryl/α,β-unsaturated/α-hetero) is 2. The Balaban J connectivity index is 2.05. The molecule has 0 saturated carbocycles. The summed E-state index contributed by atoms with van der Waals surface area (Å²) in [6.07, 6.45) is 1.17. The summed E-state index contributed by atoms with van der Waals surface area (Å²) in [5.74, 6) is -1.27. The molecule has 0 saturated heterocycles. The lowest BCUT2D eigenvalue weighted by atomic mass is 9.78. The van der Waals surface area contributed by atoms with Gasteiger partial charge in [0.2, 0.25) is 0 Å². The molecule has 2 aromatic rings. The molecule has 0 bridgehead atoms. The first-order chi connectivity index (χ1) is 16.5. The Labute approximate surface area is 206 Å². The number of aldehydes is 2. The summed E-state index contributed by atoms with van der Waals surface area (Å²) in [5, 5.41) is 0. The molecule has 2 rings (SSSR count). The highest BCUT2D eigenvalue weighted by atomic mass is 16.5. The number of ketones is 2. The van der Waals surface area contributed by atoms with Crippen LogP contribution in [0, 0.1) is 11.8 Å². The van der Waals surface area contributed by atoms with Gasteiger partial charge < -0.3 is 19.1 Å². The molecule has 0 fully saturated rings. The Morgan fingerprint density at radius 1 is 0.743 bits per heavy atom. The Kier molecular flexibility index (Phi) is 9.46. The van der Waals surface area contributed by atoms with E-state index in [0.717, 1.165) is 11.1 Å². The number of allylic oxidation sites excluding steroid dienone is 2. The number of hydrogen-bond donors (Lipinski definition) is 0. The third-order valence-corrected chi connectivity index (χ3v) is 5.85. The van der Waals surface area contributed by atoms with Crippen molar-refractivity contribution < 1.29 is 28.7 Å². The molecular weight excluding hydrogens is 444 g/mol. The van der Waals surface area contributed by atoms with Gasteiger partial charge in [0.15, 0.2) is 11.6 Å². The highest BCUT2D eigenvalue weighted by Crippen LogP contribution is 2.33. The monoisotopic (exact) mass is 476 g/mol. The molecule has 0 aliphatic carbocycles. The fourth-order valence-corrected chi connectivity index (χ4v) is 3.46. The summed E-state index contributed by atoms with van der Waals surface area (Å²) in [6, 6.07) is 15.0. The average Bonchev–Trinajstić information content (AvgIpc) is 2.84. The van der Waals surface area contributed by atoms with E-state index in [4.69, 9.17) is 9.47 Å². The lowest BCUT2D eigenvalue weighted by Gasteiger charge is -2.26. The van der Waals surface area contributed by atoms with Crippen LogP contribution in [0.4, 0.5) is 0 Å². The fraction of sp³-hybridized carbons (Fsp3) is 0.310. The smallest absolute Gasteiger partial charge is 0.171 e. The molecule has 2 aromatic carbocycles. The van der Waals surface area contributed by atoms with Crippen LogP contribution in [0.15, 0.2) is 72.8 Å². The van der Waals surface area contributed by atoms with E-state index in [-0.39, 0.29) is 30.2 Å². The largest absolute Gasteiger partial charge is 0.492 e. The molecule has 2 atom stereocenters. The molecule has 0 aromatic heterocycles. The Hall–Kier alpha value is -3.80. The third kappa shape index (κ3) is 7.09. The molecule has 35 heavy (non-hydrogen) atoms. The minimum Gasteiger partial charge on any atom is -0.492 e. The van der Waals surface area contributed by atoms with E-state index >= 15 is 0 Å². The topological polar surface area (TPSA) is 86.7 Å². The van der Waals surface area contributed by atoms with Crippen molar-refractivity contribution in [2.45, 2.75) is 33.1 Å². The van der Waals surface area contributed by atoms with Gasteiger partial charge in [-0.15, -0.1) is 0 Å². The van der Waals surface area contributed by atoms with Crippen molar-refractivity contribution in [3.05, 3.63) is 84.0 Å². The van der Waals surface area contributed by atoms with Crippen molar-refractivity contribution in [1.82, 2.24) is 0 Å². The standard InChI is InChI=1S/C29H32O6/c1-19(2)27(32)21(15-30)17-34-25-11-7-23(8-12-25)29(5,6)24-9-13-26(14-10-24)35-18-22(16-31)28(33)20(3)4/h7-16,21-22H,1,3,17-18H2,2,4-6H3. The number of ether oxygens (including phenoxy) is 2. The van der Waals surface area contributed by atoms with Crippen LogP contribution in [-0.4, -0.2) is 37.4 Å². The van der Waals surface area contributed by atoms with Gasteiger partial charge in [-0.1, -0.05) is 51.3 Å². The fourth-order valence-electron chi connectivity index (χ4n) is 3.46. The number of benzene rings is 2. The van der Waals surface area contributed by atoms with Crippen molar-refractivity contribution in [2.75, 3.05) is 13.2 Å². The van der Waals surface area contributed by atoms with Crippen LogP contribution in [0.25, 0.3) is 0 Å². The van der Waals surface area contributed by atoms with Gasteiger partial charge in [0.1, 0.15) is 49.1 Å². The van der Waals surface area contributed by atoms with Crippen molar-refractivity contribution in [3.63, 3.8) is 0 Å². The molecule has 0 aliphatic rings. The number of rotatable bonds is 14. The highest BCUT2D eigenvalue weighted by Gasteiger charge is 2.24. The van der Waals surface area contributed by atoms with Crippen molar-refractivity contribution >= 4 is 24.1 Å². The van der Waals surface area contributed by atoms with Crippen LogP contribution in [0.3, 0.4) is 0 Å². The van der Waals surface area contributed by atoms with E-state index in [1.807, 2.05) is 24.3 Å². The molecule has 6 heteroatoms. The van der Waals surface area contributed by atoms with Crippen molar-refractivity contribution in [3.8, 4) is 11.5 Å². The second kappa shape index (κ2) is 12.1. The van der Waals surface area contributed by atoms with Gasteiger partial charge in [0.25, 0.3) is 0 Å². The van der Waals surface area contributed by atoms with Crippen LogP contribution < -0.4 is 9.47 Å². The second-order valence-corrected chi connectivity index (χ2v) is 9.07. The molecule has 184 valence electrons. The maximum Gasteiger partial charge on any atom is 0.171 e. The second-order valence-electron chi connectivity index (χ2n) is 9.07. The Bertz CT molecular complexity index is 1010. The molecule has 6 nitrogen and oxygen atoms in total. The molecule has 0 amide bonds. The van der Waals surface area contributed by atoms with Crippen LogP contribution in [0.2, 0.25) is 0 Å². The quantitative estimate of drug-likeness (QED) is 0.223. The van der Waals surface area contributed by atoms with Gasteiger partial charge >= 0.3 is 0 Å². The van der Waals surface area contributed by atoms with Gasteiger partial charge in [-0.2, -0.15) is 0 Å². The van der Waals surface area contributed by atoms with Crippen molar-refractivity contribution in [2.24, 2.45) is 11.8 Å². The molecule has 0 spiro atoms. The van der Waals surface area contributed by atoms with Gasteiger partial charge in [-0.3, -0.25) is 9.59 Å². The maximum atomic E-state index is 12.0. The van der Waals surface area contributed by atoms with Crippen molar-refractivity contribution in [1.29, 1.82) is 0 Å². The SMILES string of the molecule is C=C(C)C(=O)C(C=O)COc1ccc(C(C)(C)c2ccc(OCC(C=O)C(=O)C(=C)C)cc2)cc1. The third-order valence-electron chi connectivity index (χ3n) is 5.85. The summed E-state index contributed by atoms with van der Waals surface area (Å²) in [5.41, 5.74) is 2.39. The van der Waals surface area contributed by atoms with Gasteiger partial charge in [0, 0.05) is 5.41 Å². The zero-order valence-corrected chi connectivity index (χ0v) is 20.7. The van der Waals surface area contributed by atoms with E-state index < -0.39 is 11.8 Å². The van der Waals surface area contributed by atoms with Gasteiger partial charge in [-0.25, -0.2) is 0 Å². The van der Waals surface area contributed by atoms with Gasteiger partial charge in [-0.05, 0) is 60.4 Å². The predicted molar refractivity (Wildman–Crippen MR) is 135 cm³/mol. The molecule has 0 N–H and O–H groups in total. The molecule has 0 radical (unpaired) electrons. The summed E-state index contributed by atoms with van der Waals surface area (Å²) in [7, 11) is 0. The van der Waals surface area contributed by atoms with E-state index in [0.29, 0.717) is 35.2 Å². The number of hydrogen-bond acceptors (Lipinski definition) is 6. The van der Waals surface area contributed by atoms with E-state index in [2.05, 4.69) is 27.0 Å². The molecular formula is C29H32O6. The summed E-state index contributed by atoms with van der Waals surface area (Å²) in [4.78, 5) is 46.3. The van der Waals surface area contributed by atoms with E-state index in [1.165, 1.54) is 0 Å². The van der Waals surface area contributed by atoms with Crippen LogP contribution in [-0.2, 0) is 24.6 Å². The van der Waals surface area contributed by atoms with E-state index in [9.17, 15) is 19.2 Å². The first-order valence-corrected chi connectivity index (χ1v) is 11.3. The van der Waals surface area contributed by atoms with Gasteiger partial charge in [0.05, 0.1) is 0 Å². The maximum absolute atomic E-state index is 12.0. The lowest BCUT2D eigenvalue weighted by molar-refractivity contribution is -0.127. The summed E-state index contributed by atoms with van der Waals surface area (Å²) >= 11 is 0. The summed E-state index contributed by atoms with van der Waals surface area (Å²) < 4.78 is 11.3. The molecule has 0 aliphatic heterocycles. The van der Waals surface area contributed by atoms with Crippen LogP contribution >= 0.6 is 0 Å². The molecule has 2 unspecified atom stereocenters. The number of carbonyl (C=O) groups excluding carboxylic acids is 4. The first kappa shape index (κ1) is 27.4. The van der Waals surface area contributed by atoms with Crippen LogP contribution in [0.5, 0.6) is 11.5 Å². The minimum absolute atomic E-state index is 0.0394. The zero-order chi connectivity index (χ0) is 26.2. The predicted octanol–water partition coefficient (Wildman–Crippen LogP) is 4.69. The minimum atomic E-state index is -0.870. The normalized spacial score (nSPS) is 12.7. The lowest BCUT2D eigenvalue weighted by Crippen LogP contribution is -2.24. The zero-order valence-electron chi connectivity index (χ0n) is 20.7.